The number of nitrogen functional groups attached to an aromatic ring is 1. The summed E-state index contributed by atoms with van der Waals surface area (Å²) < 4.78 is 1.04. The van der Waals surface area contributed by atoms with Crippen LogP contribution in [-0.4, -0.2) is 10.2 Å². The summed E-state index contributed by atoms with van der Waals surface area (Å²) in [6.07, 6.45) is 0. The van der Waals surface area contributed by atoms with Crippen molar-refractivity contribution < 1.29 is 0 Å². The number of rotatable bonds is 1. The van der Waals surface area contributed by atoms with Crippen molar-refractivity contribution in [3.63, 3.8) is 0 Å². The van der Waals surface area contributed by atoms with E-state index < -0.39 is 0 Å². The van der Waals surface area contributed by atoms with Crippen molar-refractivity contribution in [1.29, 1.82) is 0 Å². The predicted octanol–water partition coefficient (Wildman–Crippen LogP) is 1.93. The van der Waals surface area contributed by atoms with Crippen LogP contribution in [-0.2, 0) is 0 Å². The van der Waals surface area contributed by atoms with Gasteiger partial charge in [0.05, 0.1) is 5.69 Å². The van der Waals surface area contributed by atoms with Crippen LogP contribution in [0.2, 0.25) is 0 Å². The van der Waals surface area contributed by atoms with E-state index in [-0.39, 0.29) is 0 Å². The molecule has 0 atom stereocenters. The van der Waals surface area contributed by atoms with E-state index in [9.17, 15) is 0 Å². The number of aromatic amines is 1. The Labute approximate surface area is 99.9 Å². The Hall–Kier alpha value is -1.89. The van der Waals surface area contributed by atoms with E-state index in [0.717, 1.165) is 15.8 Å². The maximum atomic E-state index is 5.70. The lowest BCUT2D eigenvalue weighted by atomic mass is 10.3. The second kappa shape index (κ2) is 3.31. The fourth-order valence-electron chi connectivity index (χ4n) is 1.51. The van der Waals surface area contributed by atoms with Crippen molar-refractivity contribution in [2.24, 2.45) is 0 Å². The molecule has 82 valence electrons. The van der Waals surface area contributed by atoms with Crippen molar-refractivity contribution >= 4 is 38.9 Å². The van der Waals surface area contributed by atoms with Gasteiger partial charge in [-0.2, -0.15) is 10.2 Å². The Bertz CT molecular complexity index is 519. The Morgan fingerprint density at radius 2 is 1.94 bits per heavy atom. The van der Waals surface area contributed by atoms with Crippen LogP contribution in [0, 0.1) is 0 Å². The second-order valence-corrected chi connectivity index (χ2v) is 4.31. The van der Waals surface area contributed by atoms with Gasteiger partial charge < -0.3 is 5.73 Å². The van der Waals surface area contributed by atoms with Gasteiger partial charge in [0.25, 0.3) is 0 Å². The highest BCUT2D eigenvalue weighted by Crippen LogP contribution is 2.33. The summed E-state index contributed by atoms with van der Waals surface area (Å²) in [7, 11) is 0. The van der Waals surface area contributed by atoms with Gasteiger partial charge in [-0.15, -0.1) is 0 Å². The molecule has 2 aromatic rings. The molecular formula is C9H9BrN6. The maximum Gasteiger partial charge on any atom is 0.195 e. The third-order valence-corrected chi connectivity index (χ3v) is 2.85. The van der Waals surface area contributed by atoms with Crippen molar-refractivity contribution in [3.05, 3.63) is 28.7 Å². The summed E-state index contributed by atoms with van der Waals surface area (Å²) in [4.78, 5) is 0. The molecule has 1 aliphatic rings. The highest BCUT2D eigenvalue weighted by Gasteiger charge is 2.23. The van der Waals surface area contributed by atoms with E-state index in [2.05, 4.69) is 37.0 Å². The molecule has 7 heteroatoms. The van der Waals surface area contributed by atoms with E-state index in [0.29, 0.717) is 11.6 Å². The molecule has 1 aromatic carbocycles. The molecule has 3 rings (SSSR count). The van der Waals surface area contributed by atoms with Crippen LogP contribution in [0.5, 0.6) is 0 Å². The number of hydrogen-bond acceptors (Lipinski definition) is 5. The predicted molar refractivity (Wildman–Crippen MR) is 66.9 cm³/mol. The van der Waals surface area contributed by atoms with E-state index in [4.69, 9.17) is 5.73 Å². The number of nitrogens with two attached hydrogens (primary N) is 1. The fourth-order valence-corrected chi connectivity index (χ4v) is 1.78. The molecule has 1 aliphatic heterocycles. The first kappa shape index (κ1) is 9.34. The van der Waals surface area contributed by atoms with E-state index >= 15 is 0 Å². The molecule has 0 amide bonds. The van der Waals surface area contributed by atoms with Gasteiger partial charge >= 0.3 is 0 Å². The normalized spacial score (nSPS) is 13.2. The zero-order valence-corrected chi connectivity index (χ0v) is 9.75. The summed E-state index contributed by atoms with van der Waals surface area (Å²) in [5, 5.41) is 8.46. The van der Waals surface area contributed by atoms with Crippen molar-refractivity contribution in [1.82, 2.24) is 10.2 Å². The van der Waals surface area contributed by atoms with Crippen LogP contribution in [0.4, 0.5) is 23.0 Å². The van der Waals surface area contributed by atoms with E-state index in [1.54, 1.807) is 5.12 Å². The fraction of sp³-hybridized carbons (Fsp3) is 0. The highest BCUT2D eigenvalue weighted by atomic mass is 79.9. The minimum atomic E-state index is 0.516. The molecule has 0 saturated heterocycles. The number of halogens is 1. The van der Waals surface area contributed by atoms with Crippen LogP contribution in [0.25, 0.3) is 0 Å². The second-order valence-electron chi connectivity index (χ2n) is 3.40. The van der Waals surface area contributed by atoms with Gasteiger partial charge in [0.1, 0.15) is 11.5 Å². The number of aromatic nitrogens is 2. The lowest BCUT2D eigenvalue weighted by molar-refractivity contribution is 1.04. The van der Waals surface area contributed by atoms with Crippen molar-refractivity contribution in [2.45, 2.75) is 0 Å². The van der Waals surface area contributed by atoms with Crippen LogP contribution < -0.4 is 21.7 Å². The standard InChI is InChI=1S/C9H9BrN6/c10-5-1-3-6(4-2-5)16-14-7-8(11)12-13-9(7)15-16/h1-4,14H,(H4,11,12,13,15). The van der Waals surface area contributed by atoms with Gasteiger partial charge in [0, 0.05) is 4.47 Å². The molecule has 0 aliphatic carbocycles. The average Bonchev–Trinajstić information content (AvgIpc) is 2.83. The van der Waals surface area contributed by atoms with Crippen LogP contribution in [0.3, 0.4) is 0 Å². The third kappa shape index (κ3) is 1.36. The zero-order valence-electron chi connectivity index (χ0n) is 8.16. The molecule has 0 bridgehead atoms. The molecule has 2 heterocycles. The average molecular weight is 281 g/mol. The topological polar surface area (TPSA) is 82.0 Å². The largest absolute Gasteiger partial charge is 0.382 e. The summed E-state index contributed by atoms with van der Waals surface area (Å²) >= 11 is 3.39. The molecule has 1 aromatic heterocycles. The number of anilines is 4. The first-order valence-corrected chi connectivity index (χ1v) is 5.46. The molecule has 0 radical (unpaired) electrons. The highest BCUT2D eigenvalue weighted by molar-refractivity contribution is 9.10. The molecule has 5 N–H and O–H groups in total. The zero-order chi connectivity index (χ0) is 11.1. The Morgan fingerprint density at radius 3 is 2.62 bits per heavy atom. The quantitative estimate of drug-likeness (QED) is 0.642. The van der Waals surface area contributed by atoms with Gasteiger partial charge in [-0.1, -0.05) is 15.9 Å². The molecule has 16 heavy (non-hydrogen) atoms. The Morgan fingerprint density at radius 1 is 1.19 bits per heavy atom. The number of benzene rings is 1. The molecule has 0 saturated carbocycles. The minimum absolute atomic E-state index is 0.516. The van der Waals surface area contributed by atoms with Crippen molar-refractivity contribution in [3.8, 4) is 0 Å². The third-order valence-electron chi connectivity index (χ3n) is 2.32. The molecule has 0 spiro atoms. The van der Waals surface area contributed by atoms with E-state index in [1.807, 2.05) is 24.3 Å². The van der Waals surface area contributed by atoms with Crippen LogP contribution in [0.15, 0.2) is 28.7 Å². The molecular weight excluding hydrogens is 272 g/mol. The summed E-state index contributed by atoms with van der Waals surface area (Å²) in [6.45, 7) is 0. The monoisotopic (exact) mass is 280 g/mol. The van der Waals surface area contributed by atoms with Gasteiger partial charge in [-0.25, -0.2) is 0 Å². The number of nitrogens with one attached hydrogen (secondary N) is 3. The summed E-state index contributed by atoms with van der Waals surface area (Å²) in [5.41, 5.74) is 13.6. The first-order chi connectivity index (χ1) is 7.74. The first-order valence-electron chi connectivity index (χ1n) is 4.67. The Balaban J connectivity index is 1.88. The Kier molecular flexibility index (Phi) is 1.93. The number of H-pyrrole nitrogens is 1. The SMILES string of the molecule is Nc1[nH]nc2c1NN(c1ccc(Br)cc1)N2. The van der Waals surface area contributed by atoms with Crippen molar-refractivity contribution in [2.75, 3.05) is 21.7 Å². The van der Waals surface area contributed by atoms with E-state index in [1.165, 1.54) is 0 Å². The van der Waals surface area contributed by atoms with Crippen LogP contribution in [0.1, 0.15) is 0 Å². The lowest BCUT2D eigenvalue weighted by Gasteiger charge is -2.18. The summed E-state index contributed by atoms with van der Waals surface area (Å²) in [5.74, 6) is 1.21. The van der Waals surface area contributed by atoms with Gasteiger partial charge in [-0.3, -0.25) is 16.0 Å². The number of fused-ring (bicyclic) bond motifs is 1. The number of hydrogen-bond donors (Lipinski definition) is 4. The van der Waals surface area contributed by atoms with Gasteiger partial charge in [-0.05, 0) is 24.3 Å². The molecule has 0 unspecified atom stereocenters. The van der Waals surface area contributed by atoms with Crippen LogP contribution >= 0.6 is 15.9 Å². The maximum absolute atomic E-state index is 5.70. The molecule has 0 fully saturated rings. The van der Waals surface area contributed by atoms with Gasteiger partial charge in [0.15, 0.2) is 5.82 Å². The van der Waals surface area contributed by atoms with Gasteiger partial charge in [0.2, 0.25) is 0 Å². The number of hydrazine groups is 2. The summed E-state index contributed by atoms with van der Waals surface area (Å²) in [6, 6.07) is 7.86. The number of nitrogens with zero attached hydrogens (tertiary/aromatic N) is 2. The minimum Gasteiger partial charge on any atom is -0.382 e. The molecule has 6 nitrogen and oxygen atoms in total. The smallest absolute Gasteiger partial charge is 0.195 e. The lowest BCUT2D eigenvalue weighted by Crippen LogP contribution is -2.30.